The molecule has 7 nitrogen and oxygen atoms in total. The number of ether oxygens (including phenoxy) is 2. The highest BCUT2D eigenvalue weighted by atomic mass is 35.5. The minimum atomic E-state index is -0.860. The summed E-state index contributed by atoms with van der Waals surface area (Å²) in [5, 5.41) is 12.5. The summed E-state index contributed by atoms with van der Waals surface area (Å²) in [4.78, 5) is 13.4. The van der Waals surface area contributed by atoms with Crippen molar-refractivity contribution in [3.05, 3.63) is 47.7 Å². The van der Waals surface area contributed by atoms with E-state index in [4.69, 9.17) is 9.47 Å². The molecule has 2 atom stereocenters. The van der Waals surface area contributed by atoms with Crippen LogP contribution in [-0.2, 0) is 4.79 Å². The molecule has 1 amide bonds. The number of nitrogens with one attached hydrogen (secondary N) is 1. The topological polar surface area (TPSA) is 108 Å². The van der Waals surface area contributed by atoms with Gasteiger partial charge < -0.3 is 38.0 Å². The molecule has 0 spiro atoms. The number of halogens is 1. The fourth-order valence-electron chi connectivity index (χ4n) is 3.24. The van der Waals surface area contributed by atoms with E-state index in [1.54, 1.807) is 20.3 Å². The van der Waals surface area contributed by atoms with Crippen molar-refractivity contribution in [3.8, 4) is 33.1 Å². The molecule has 1 heterocycles. The third-order valence-electron chi connectivity index (χ3n) is 5.36. The van der Waals surface area contributed by atoms with Gasteiger partial charge >= 0.3 is 0 Å². The van der Waals surface area contributed by atoms with Crippen LogP contribution in [0.15, 0.2) is 36.5 Å². The van der Waals surface area contributed by atoms with Gasteiger partial charge in [-0.1, -0.05) is 12.1 Å². The number of hydrogen-bond donors (Lipinski definition) is 3. The highest BCUT2D eigenvalue weighted by molar-refractivity contribution is 7.10. The van der Waals surface area contributed by atoms with Gasteiger partial charge in [0.2, 0.25) is 0 Å². The summed E-state index contributed by atoms with van der Waals surface area (Å²) in [5.41, 5.74) is 9.31. The Labute approximate surface area is 198 Å². The molecule has 2 aromatic carbocycles. The van der Waals surface area contributed by atoms with E-state index in [1.807, 2.05) is 31.3 Å². The second kappa shape index (κ2) is 10.8. The first kappa shape index (κ1) is 25.6. The predicted molar refractivity (Wildman–Crippen MR) is 123 cm³/mol. The Balaban J connectivity index is 0.00000363. The normalized spacial score (nSPS) is 12.5. The number of aliphatic hydroxyl groups excluding tert-OH is 1. The average molecular weight is 478 g/mol. The molecule has 1 unspecified atom stereocenters. The predicted octanol–water partition coefficient (Wildman–Crippen LogP) is 0.0449. The van der Waals surface area contributed by atoms with Gasteiger partial charge in [0.1, 0.15) is 17.6 Å². The zero-order valence-electron chi connectivity index (χ0n) is 18.7. The summed E-state index contributed by atoms with van der Waals surface area (Å²) in [7, 11) is 3.21. The number of aromatic nitrogens is 1. The van der Waals surface area contributed by atoms with Crippen LogP contribution in [0.1, 0.15) is 18.1 Å². The van der Waals surface area contributed by atoms with Gasteiger partial charge in [0, 0.05) is 11.8 Å². The van der Waals surface area contributed by atoms with Crippen LogP contribution in [0.3, 0.4) is 0 Å². The first-order valence-corrected chi connectivity index (χ1v) is 10.6. The lowest BCUT2D eigenvalue weighted by molar-refractivity contribution is -0.418. The van der Waals surface area contributed by atoms with Crippen molar-refractivity contribution in [3.63, 3.8) is 0 Å². The van der Waals surface area contributed by atoms with Crippen molar-refractivity contribution < 1.29 is 37.5 Å². The third kappa shape index (κ3) is 5.21. The summed E-state index contributed by atoms with van der Waals surface area (Å²) in [6.07, 6.45) is 0.955. The first-order chi connectivity index (χ1) is 14.8. The molecule has 0 aliphatic rings. The van der Waals surface area contributed by atoms with Gasteiger partial charge in [-0.25, -0.2) is 0 Å². The summed E-state index contributed by atoms with van der Waals surface area (Å²) in [5.74, 6) is 0.970. The highest BCUT2D eigenvalue weighted by Gasteiger charge is 2.24. The maximum absolute atomic E-state index is 12.4. The summed E-state index contributed by atoms with van der Waals surface area (Å²) < 4.78 is 15.4. The van der Waals surface area contributed by atoms with Crippen molar-refractivity contribution in [1.82, 2.24) is 4.37 Å². The molecular weight excluding hydrogens is 450 g/mol. The molecule has 5 N–H and O–H groups in total. The average Bonchev–Trinajstić information content (AvgIpc) is 3.24. The molecule has 32 heavy (non-hydrogen) atoms. The minimum Gasteiger partial charge on any atom is -1.00 e. The number of rotatable bonds is 7. The number of quaternary nitrogens is 1. The van der Waals surface area contributed by atoms with E-state index in [1.165, 1.54) is 18.5 Å². The molecule has 1 aromatic heterocycles. The molecule has 3 aromatic rings. The maximum atomic E-state index is 12.4. The van der Waals surface area contributed by atoms with Gasteiger partial charge in [0.05, 0.1) is 24.8 Å². The summed E-state index contributed by atoms with van der Waals surface area (Å²) in [6, 6.07) is 8.91. The number of nitrogens with zero attached hydrogens (tertiary/aromatic N) is 1. The molecule has 0 saturated carbocycles. The number of carbonyl (C=O) groups is 1. The van der Waals surface area contributed by atoms with Crippen molar-refractivity contribution in [1.29, 1.82) is 0 Å². The van der Waals surface area contributed by atoms with Crippen molar-refractivity contribution in [2.45, 2.75) is 32.9 Å². The quantitative estimate of drug-likeness (QED) is 0.445. The molecule has 0 radical (unpaired) electrons. The molecular formula is C23H28ClN3O4S. The van der Waals surface area contributed by atoms with Crippen molar-refractivity contribution in [2.75, 3.05) is 19.5 Å². The zero-order valence-corrected chi connectivity index (χ0v) is 20.3. The monoisotopic (exact) mass is 477 g/mol. The van der Waals surface area contributed by atoms with Gasteiger partial charge in [-0.3, -0.25) is 4.79 Å². The molecule has 9 heteroatoms. The zero-order chi connectivity index (χ0) is 22.7. The van der Waals surface area contributed by atoms with Crippen LogP contribution in [0.2, 0.25) is 0 Å². The van der Waals surface area contributed by atoms with Crippen molar-refractivity contribution >= 4 is 23.1 Å². The lowest BCUT2D eigenvalue weighted by Crippen LogP contribution is -3.00. The Hall–Kier alpha value is -2.65. The Morgan fingerprint density at radius 2 is 1.81 bits per heavy atom. The number of carbonyl (C=O) groups excluding carboxylic acids is 1. The molecule has 0 saturated heterocycles. The van der Waals surface area contributed by atoms with Crippen LogP contribution in [-0.4, -0.2) is 41.8 Å². The van der Waals surface area contributed by atoms with Gasteiger partial charge in [0.25, 0.3) is 5.91 Å². The molecule has 172 valence electrons. The van der Waals surface area contributed by atoms with Crippen LogP contribution in [0.4, 0.5) is 5.69 Å². The van der Waals surface area contributed by atoms with Crippen LogP contribution >= 0.6 is 11.5 Å². The second-order valence-electron chi connectivity index (χ2n) is 7.44. The van der Waals surface area contributed by atoms with Gasteiger partial charge in [-0.15, -0.1) is 0 Å². The van der Waals surface area contributed by atoms with Gasteiger partial charge in [-0.2, -0.15) is 4.37 Å². The largest absolute Gasteiger partial charge is 1.00 e. The van der Waals surface area contributed by atoms with Crippen LogP contribution in [0.5, 0.6) is 11.5 Å². The lowest BCUT2D eigenvalue weighted by Gasteiger charge is -2.15. The van der Waals surface area contributed by atoms with Crippen LogP contribution < -0.4 is 32.9 Å². The SMILES string of the molecule is COc1ccc(-c2cnsc2-c2cc(C)c(C)c(OC)c2)cc1NC(=O)[C@H]([NH3+])C(C)O.[Cl-]. The Bertz CT molecular complexity index is 1100. The molecule has 0 bridgehead atoms. The highest BCUT2D eigenvalue weighted by Crippen LogP contribution is 2.40. The van der Waals surface area contributed by atoms with Gasteiger partial charge in [0.15, 0.2) is 6.04 Å². The number of anilines is 1. The summed E-state index contributed by atoms with van der Waals surface area (Å²) in [6.45, 7) is 5.62. The van der Waals surface area contributed by atoms with Crippen LogP contribution in [0, 0.1) is 13.8 Å². The number of methoxy groups -OCH3 is 2. The molecule has 0 aliphatic carbocycles. The summed E-state index contributed by atoms with van der Waals surface area (Å²) >= 11 is 1.40. The molecule has 0 fully saturated rings. The smallest absolute Gasteiger partial charge is 0.285 e. The number of benzene rings is 2. The maximum Gasteiger partial charge on any atom is 0.285 e. The Morgan fingerprint density at radius 1 is 1.12 bits per heavy atom. The fraction of sp³-hybridized carbons (Fsp3) is 0.304. The van der Waals surface area contributed by atoms with Crippen molar-refractivity contribution in [2.24, 2.45) is 0 Å². The van der Waals surface area contributed by atoms with E-state index in [-0.39, 0.29) is 18.3 Å². The Morgan fingerprint density at radius 3 is 2.44 bits per heavy atom. The van der Waals surface area contributed by atoms with E-state index in [2.05, 4.69) is 28.4 Å². The Kier molecular flexibility index (Phi) is 8.63. The second-order valence-corrected chi connectivity index (χ2v) is 8.24. The number of hydrogen-bond acceptors (Lipinski definition) is 6. The lowest BCUT2D eigenvalue weighted by atomic mass is 9.99. The van der Waals surface area contributed by atoms with Crippen LogP contribution in [0.25, 0.3) is 21.6 Å². The number of aryl methyl sites for hydroxylation is 1. The van der Waals surface area contributed by atoms with E-state index in [9.17, 15) is 9.90 Å². The number of amides is 1. The first-order valence-electron chi connectivity index (χ1n) is 9.87. The van der Waals surface area contributed by atoms with E-state index in [0.29, 0.717) is 11.4 Å². The molecule has 0 aliphatic heterocycles. The van der Waals surface area contributed by atoms with E-state index in [0.717, 1.165) is 38.4 Å². The fourth-order valence-corrected chi connectivity index (χ4v) is 4.00. The minimum absolute atomic E-state index is 0. The molecule has 3 rings (SSSR count). The van der Waals surface area contributed by atoms with Gasteiger partial charge in [-0.05, 0) is 72.8 Å². The van der Waals surface area contributed by atoms with E-state index < -0.39 is 12.1 Å². The van der Waals surface area contributed by atoms with E-state index >= 15 is 0 Å². The number of aliphatic hydroxyl groups is 1. The standard InChI is InChI=1S/C23H27N3O4S.ClH/c1-12-8-16(10-20(30-5)13(12)2)22-17(11-25-31-22)15-6-7-19(29-4)18(9-15)26-23(28)21(24)14(3)27;/h6-11,14,21,27H,24H2,1-5H3,(H,26,28);1H/t14?,21-;/m1./s1. The third-order valence-corrected chi connectivity index (χ3v) is 6.21.